The van der Waals surface area contributed by atoms with E-state index in [-0.39, 0.29) is 17.3 Å². The highest BCUT2D eigenvalue weighted by molar-refractivity contribution is 7.92. The van der Waals surface area contributed by atoms with E-state index < -0.39 is 21.5 Å². The summed E-state index contributed by atoms with van der Waals surface area (Å²) in [6, 6.07) is 12.6. The number of nitrogens with one attached hydrogen (secondary N) is 1. The van der Waals surface area contributed by atoms with Gasteiger partial charge in [-0.1, -0.05) is 37.3 Å². The first-order chi connectivity index (χ1) is 16.2. The van der Waals surface area contributed by atoms with Crippen molar-refractivity contribution in [2.24, 2.45) is 5.92 Å². The number of fused-ring (bicyclic) bond motifs is 1. The van der Waals surface area contributed by atoms with Crippen molar-refractivity contribution in [3.8, 4) is 0 Å². The van der Waals surface area contributed by atoms with E-state index in [0.29, 0.717) is 22.5 Å². The van der Waals surface area contributed by atoms with Crippen LogP contribution >= 0.6 is 0 Å². The lowest BCUT2D eigenvalue weighted by molar-refractivity contribution is -0.133. The molecule has 0 spiro atoms. The Balaban J connectivity index is 1.56. The molecule has 0 radical (unpaired) electrons. The number of aromatic nitrogens is 1. The molecule has 0 bridgehead atoms. The monoisotopic (exact) mass is 481 g/mol. The van der Waals surface area contributed by atoms with Crippen LogP contribution in [-0.4, -0.2) is 48.5 Å². The van der Waals surface area contributed by atoms with Gasteiger partial charge in [0.1, 0.15) is 12.3 Å². The maximum Gasteiger partial charge on any atom is 0.242 e. The first-order valence-electron chi connectivity index (χ1n) is 11.6. The molecule has 0 unspecified atom stereocenters. The van der Waals surface area contributed by atoms with Crippen molar-refractivity contribution in [3.05, 3.63) is 59.8 Å². The Kier molecular flexibility index (Phi) is 6.79. The van der Waals surface area contributed by atoms with Gasteiger partial charge < -0.3 is 14.8 Å². The fourth-order valence-electron chi connectivity index (χ4n) is 4.42. The van der Waals surface area contributed by atoms with Crippen LogP contribution in [0.5, 0.6) is 0 Å². The van der Waals surface area contributed by atoms with Gasteiger partial charge in [-0.15, -0.1) is 0 Å². The molecule has 1 saturated heterocycles. The number of hydrogen-bond donors (Lipinski definition) is 1. The molecular weight excluding hydrogens is 450 g/mol. The van der Waals surface area contributed by atoms with Gasteiger partial charge in [0.15, 0.2) is 9.84 Å². The number of likely N-dealkylation sites (tertiary alicyclic amines) is 1. The molecule has 2 heterocycles. The lowest BCUT2D eigenvalue weighted by Gasteiger charge is -2.30. The Labute approximate surface area is 200 Å². The normalized spacial score (nSPS) is 15.0. The van der Waals surface area contributed by atoms with Crippen LogP contribution in [0.25, 0.3) is 10.9 Å². The fraction of sp³-hybridized carbons (Fsp3) is 0.385. The third-order valence-corrected chi connectivity index (χ3v) is 8.37. The zero-order valence-electron chi connectivity index (χ0n) is 19.9. The lowest BCUT2D eigenvalue weighted by Crippen LogP contribution is -2.39. The molecule has 34 heavy (non-hydrogen) atoms. The van der Waals surface area contributed by atoms with E-state index in [0.717, 1.165) is 37.1 Å². The first kappa shape index (κ1) is 24.0. The van der Waals surface area contributed by atoms with Gasteiger partial charge >= 0.3 is 0 Å². The molecule has 1 fully saturated rings. The number of sulfone groups is 1. The molecule has 1 aliphatic rings. The molecule has 2 aromatic carbocycles. The SMILES string of the molecule is Cc1cccc(NC(=O)CS(=O)(=O)c2cn(CC(=O)N3CCC(C)CC3)c3ccccc23)c1C. The number of aryl methyl sites for hydroxylation is 1. The number of carbonyl (C=O) groups is 2. The summed E-state index contributed by atoms with van der Waals surface area (Å²) in [5.41, 5.74) is 3.17. The molecule has 4 rings (SSSR count). The first-order valence-corrected chi connectivity index (χ1v) is 13.3. The van der Waals surface area contributed by atoms with Crippen molar-refractivity contribution >= 4 is 38.2 Å². The number of carbonyl (C=O) groups excluding carboxylic acids is 2. The third kappa shape index (κ3) is 5.01. The largest absolute Gasteiger partial charge is 0.341 e. The van der Waals surface area contributed by atoms with Crippen molar-refractivity contribution in [2.45, 2.75) is 45.1 Å². The third-order valence-electron chi connectivity index (χ3n) is 6.73. The van der Waals surface area contributed by atoms with Crippen LogP contribution in [0.15, 0.2) is 53.6 Å². The van der Waals surface area contributed by atoms with E-state index in [4.69, 9.17) is 0 Å². The molecule has 0 saturated carbocycles. The Morgan fingerprint density at radius 3 is 2.47 bits per heavy atom. The predicted molar refractivity (Wildman–Crippen MR) is 134 cm³/mol. The number of nitrogens with zero attached hydrogens (tertiary/aromatic N) is 2. The predicted octanol–water partition coefficient (Wildman–Crippen LogP) is 3.93. The molecule has 2 amide bonds. The smallest absolute Gasteiger partial charge is 0.242 e. The standard InChI is InChI=1S/C26H31N3O4S/c1-18-11-13-28(14-12-18)26(31)16-29-15-24(21-8-4-5-10-23(21)29)34(32,33)17-25(30)27-22-9-6-7-19(2)20(22)3/h4-10,15,18H,11-14,16-17H2,1-3H3,(H,27,30). The van der Waals surface area contributed by atoms with Crippen molar-refractivity contribution in [1.29, 1.82) is 0 Å². The van der Waals surface area contributed by atoms with Crippen molar-refractivity contribution in [2.75, 3.05) is 24.2 Å². The summed E-state index contributed by atoms with van der Waals surface area (Å²) in [5, 5.41) is 3.24. The minimum Gasteiger partial charge on any atom is -0.341 e. The molecule has 3 aromatic rings. The van der Waals surface area contributed by atoms with Crippen molar-refractivity contribution in [1.82, 2.24) is 9.47 Å². The van der Waals surface area contributed by atoms with E-state index in [9.17, 15) is 18.0 Å². The van der Waals surface area contributed by atoms with Crippen molar-refractivity contribution < 1.29 is 18.0 Å². The Morgan fingerprint density at radius 2 is 1.74 bits per heavy atom. The summed E-state index contributed by atoms with van der Waals surface area (Å²) in [6.45, 7) is 7.52. The zero-order valence-corrected chi connectivity index (χ0v) is 20.7. The van der Waals surface area contributed by atoms with Gasteiger partial charge in [-0.3, -0.25) is 9.59 Å². The minimum absolute atomic E-state index is 0.0238. The van der Waals surface area contributed by atoms with E-state index in [1.807, 2.05) is 36.9 Å². The zero-order chi connectivity index (χ0) is 24.5. The molecule has 180 valence electrons. The van der Waals surface area contributed by atoms with Gasteiger partial charge in [0.25, 0.3) is 0 Å². The van der Waals surface area contributed by atoms with Gasteiger partial charge in [-0.25, -0.2) is 8.42 Å². The van der Waals surface area contributed by atoms with E-state index in [2.05, 4.69) is 12.2 Å². The summed E-state index contributed by atoms with van der Waals surface area (Å²) >= 11 is 0. The van der Waals surface area contributed by atoms with E-state index in [1.54, 1.807) is 28.8 Å². The van der Waals surface area contributed by atoms with Gasteiger partial charge in [0.2, 0.25) is 11.8 Å². The maximum atomic E-state index is 13.3. The quantitative estimate of drug-likeness (QED) is 0.578. The number of para-hydroxylation sites is 1. The molecule has 0 aliphatic carbocycles. The second-order valence-corrected chi connectivity index (χ2v) is 11.2. The van der Waals surface area contributed by atoms with Gasteiger partial charge in [0, 0.05) is 35.9 Å². The van der Waals surface area contributed by atoms with Crippen molar-refractivity contribution in [3.63, 3.8) is 0 Å². The van der Waals surface area contributed by atoms with Crippen LogP contribution in [0, 0.1) is 19.8 Å². The van der Waals surface area contributed by atoms with Crippen LogP contribution < -0.4 is 5.32 Å². The number of anilines is 1. The Morgan fingerprint density at radius 1 is 1.03 bits per heavy atom. The van der Waals surface area contributed by atoms with E-state index in [1.165, 1.54) is 6.20 Å². The number of amides is 2. The number of piperidine rings is 1. The Hall–Kier alpha value is -3.13. The molecule has 0 atom stereocenters. The van der Waals surface area contributed by atoms with Crippen LogP contribution in [0.2, 0.25) is 0 Å². The molecule has 7 nitrogen and oxygen atoms in total. The highest BCUT2D eigenvalue weighted by Crippen LogP contribution is 2.27. The van der Waals surface area contributed by atoms with E-state index >= 15 is 0 Å². The number of benzene rings is 2. The average molecular weight is 482 g/mol. The van der Waals surface area contributed by atoms with Gasteiger partial charge in [-0.2, -0.15) is 0 Å². The topological polar surface area (TPSA) is 88.5 Å². The molecule has 1 N–H and O–H groups in total. The highest BCUT2D eigenvalue weighted by Gasteiger charge is 2.26. The molecular formula is C26H31N3O4S. The molecule has 8 heteroatoms. The summed E-state index contributed by atoms with van der Waals surface area (Å²) in [5.74, 6) is -0.678. The summed E-state index contributed by atoms with van der Waals surface area (Å²) < 4.78 is 28.2. The van der Waals surface area contributed by atoms with Gasteiger partial charge in [-0.05, 0) is 55.9 Å². The summed E-state index contributed by atoms with van der Waals surface area (Å²) in [7, 11) is -3.93. The fourth-order valence-corrected chi connectivity index (χ4v) is 5.79. The van der Waals surface area contributed by atoms with Gasteiger partial charge in [0.05, 0.1) is 4.90 Å². The van der Waals surface area contributed by atoms with Crippen LogP contribution in [0.4, 0.5) is 5.69 Å². The second-order valence-electron chi connectivity index (χ2n) is 9.26. The number of hydrogen-bond acceptors (Lipinski definition) is 4. The molecule has 1 aromatic heterocycles. The number of rotatable bonds is 6. The van der Waals surface area contributed by atoms with Crippen LogP contribution in [-0.2, 0) is 26.0 Å². The minimum atomic E-state index is -3.93. The summed E-state index contributed by atoms with van der Waals surface area (Å²) in [4.78, 5) is 27.5. The average Bonchev–Trinajstić information content (AvgIpc) is 3.16. The second kappa shape index (κ2) is 9.62. The molecule has 1 aliphatic heterocycles. The highest BCUT2D eigenvalue weighted by atomic mass is 32.2. The van der Waals surface area contributed by atoms with Crippen LogP contribution in [0.3, 0.4) is 0 Å². The van der Waals surface area contributed by atoms with Crippen LogP contribution in [0.1, 0.15) is 30.9 Å². The lowest BCUT2D eigenvalue weighted by atomic mass is 9.99. The maximum absolute atomic E-state index is 13.3. The summed E-state index contributed by atoms with van der Waals surface area (Å²) in [6.07, 6.45) is 3.45. The Bertz CT molecular complexity index is 1340.